The fourth-order valence-electron chi connectivity index (χ4n) is 2.09. The molecule has 3 rings (SSSR count). The zero-order valence-electron chi connectivity index (χ0n) is 10.3. The van der Waals surface area contributed by atoms with Crippen molar-refractivity contribution in [3.8, 4) is 5.75 Å². The van der Waals surface area contributed by atoms with Crippen molar-refractivity contribution >= 4 is 23.2 Å². The minimum Gasteiger partial charge on any atom is -0.488 e. The fourth-order valence-corrected chi connectivity index (χ4v) is 2.31. The van der Waals surface area contributed by atoms with Gasteiger partial charge in [-0.1, -0.05) is 17.7 Å². The van der Waals surface area contributed by atoms with Crippen molar-refractivity contribution in [1.82, 2.24) is 10.2 Å². The average molecular weight is 278 g/mol. The van der Waals surface area contributed by atoms with Crippen LogP contribution in [0.3, 0.4) is 0 Å². The van der Waals surface area contributed by atoms with Crippen LogP contribution in [0.25, 0.3) is 0 Å². The first kappa shape index (κ1) is 12.0. The second-order valence-electron chi connectivity index (χ2n) is 4.33. The van der Waals surface area contributed by atoms with Gasteiger partial charge in [-0.05, 0) is 25.1 Å². The lowest BCUT2D eigenvalue weighted by Gasteiger charge is -2.29. The fraction of sp³-hybridized carbons (Fsp3) is 0.231. The van der Waals surface area contributed by atoms with Gasteiger partial charge in [0.25, 0.3) is 5.91 Å². The van der Waals surface area contributed by atoms with Crippen LogP contribution in [0.4, 0.5) is 5.69 Å². The lowest BCUT2D eigenvalue weighted by Crippen LogP contribution is -2.38. The maximum absolute atomic E-state index is 12.4. The van der Waals surface area contributed by atoms with Crippen LogP contribution in [0.2, 0.25) is 5.02 Å². The summed E-state index contributed by atoms with van der Waals surface area (Å²) in [5.41, 5.74) is 1.93. The number of fused-ring (bicyclic) bond motifs is 1. The number of hydrogen-bond acceptors (Lipinski definition) is 3. The SMILES string of the molecule is Cc1cc(C(=O)N2CCOc3c(Cl)cccc32)n[nH]1. The molecule has 1 amide bonds. The van der Waals surface area contributed by atoms with E-state index in [-0.39, 0.29) is 5.91 Å². The molecule has 5 nitrogen and oxygen atoms in total. The Morgan fingerprint density at radius 2 is 2.37 bits per heavy atom. The zero-order chi connectivity index (χ0) is 13.4. The molecular weight excluding hydrogens is 266 g/mol. The van der Waals surface area contributed by atoms with Crippen LogP contribution in [0.1, 0.15) is 16.2 Å². The molecule has 0 saturated carbocycles. The minimum atomic E-state index is -0.156. The maximum atomic E-state index is 12.4. The Hall–Kier alpha value is -2.01. The largest absolute Gasteiger partial charge is 0.488 e. The minimum absolute atomic E-state index is 0.156. The summed E-state index contributed by atoms with van der Waals surface area (Å²) < 4.78 is 5.52. The first-order valence-corrected chi connectivity index (χ1v) is 6.30. The Morgan fingerprint density at radius 1 is 1.53 bits per heavy atom. The number of aromatic amines is 1. The lowest BCUT2D eigenvalue weighted by atomic mass is 10.2. The molecule has 0 unspecified atom stereocenters. The van der Waals surface area contributed by atoms with Crippen molar-refractivity contribution in [2.45, 2.75) is 6.92 Å². The summed E-state index contributed by atoms with van der Waals surface area (Å²) >= 11 is 6.08. The molecule has 1 aliphatic rings. The van der Waals surface area contributed by atoms with Gasteiger partial charge in [-0.15, -0.1) is 0 Å². The molecule has 2 heterocycles. The topological polar surface area (TPSA) is 58.2 Å². The van der Waals surface area contributed by atoms with E-state index in [0.29, 0.717) is 35.3 Å². The molecule has 6 heteroatoms. The third kappa shape index (κ3) is 2.06. The van der Waals surface area contributed by atoms with Gasteiger partial charge >= 0.3 is 0 Å². The number of nitrogens with zero attached hydrogens (tertiary/aromatic N) is 2. The van der Waals surface area contributed by atoms with Crippen LogP contribution in [-0.2, 0) is 0 Å². The lowest BCUT2D eigenvalue weighted by molar-refractivity contribution is 0.0972. The van der Waals surface area contributed by atoms with Gasteiger partial charge in [-0.25, -0.2) is 0 Å². The molecule has 0 spiro atoms. The van der Waals surface area contributed by atoms with Gasteiger partial charge in [0.05, 0.1) is 17.3 Å². The molecular formula is C13H12ClN3O2. The van der Waals surface area contributed by atoms with Crippen molar-refractivity contribution in [3.05, 3.63) is 40.7 Å². The Morgan fingerprint density at radius 3 is 3.11 bits per heavy atom. The molecule has 0 bridgehead atoms. The summed E-state index contributed by atoms with van der Waals surface area (Å²) in [6.45, 7) is 2.76. The molecule has 98 valence electrons. The molecule has 1 aromatic carbocycles. The van der Waals surface area contributed by atoms with E-state index < -0.39 is 0 Å². The molecule has 1 N–H and O–H groups in total. The predicted octanol–water partition coefficient (Wildman–Crippen LogP) is 2.41. The quantitative estimate of drug-likeness (QED) is 0.871. The van der Waals surface area contributed by atoms with E-state index in [9.17, 15) is 4.79 Å². The highest BCUT2D eigenvalue weighted by Gasteiger charge is 2.27. The van der Waals surface area contributed by atoms with Crippen molar-refractivity contribution in [1.29, 1.82) is 0 Å². The molecule has 0 radical (unpaired) electrons. The van der Waals surface area contributed by atoms with Gasteiger partial charge in [0.2, 0.25) is 0 Å². The van der Waals surface area contributed by atoms with Gasteiger partial charge in [-0.3, -0.25) is 14.8 Å². The highest BCUT2D eigenvalue weighted by molar-refractivity contribution is 6.32. The second-order valence-corrected chi connectivity index (χ2v) is 4.74. The number of ether oxygens (including phenoxy) is 1. The number of rotatable bonds is 1. The van der Waals surface area contributed by atoms with E-state index in [4.69, 9.17) is 16.3 Å². The number of nitrogens with one attached hydrogen (secondary N) is 1. The van der Waals surface area contributed by atoms with E-state index >= 15 is 0 Å². The number of amides is 1. The van der Waals surface area contributed by atoms with Crippen molar-refractivity contribution < 1.29 is 9.53 Å². The number of carbonyl (C=O) groups excluding carboxylic acids is 1. The highest BCUT2D eigenvalue weighted by Crippen LogP contribution is 2.38. The normalized spacial score (nSPS) is 13.9. The third-order valence-electron chi connectivity index (χ3n) is 2.97. The summed E-state index contributed by atoms with van der Waals surface area (Å²) in [5, 5.41) is 7.27. The molecule has 0 saturated heterocycles. The van der Waals surface area contributed by atoms with Gasteiger partial charge < -0.3 is 4.74 Å². The van der Waals surface area contributed by atoms with Crippen LogP contribution in [0.15, 0.2) is 24.3 Å². The van der Waals surface area contributed by atoms with Crippen LogP contribution >= 0.6 is 11.6 Å². The third-order valence-corrected chi connectivity index (χ3v) is 3.27. The number of halogens is 1. The molecule has 19 heavy (non-hydrogen) atoms. The number of hydrogen-bond donors (Lipinski definition) is 1. The van der Waals surface area contributed by atoms with Crippen molar-refractivity contribution in [2.24, 2.45) is 0 Å². The number of aromatic nitrogens is 2. The number of H-pyrrole nitrogens is 1. The first-order chi connectivity index (χ1) is 9.16. The first-order valence-electron chi connectivity index (χ1n) is 5.92. The Bertz CT molecular complexity index is 639. The summed E-state index contributed by atoms with van der Waals surface area (Å²) in [5.74, 6) is 0.396. The molecule has 1 aromatic heterocycles. The Labute approximate surface area is 115 Å². The van der Waals surface area contributed by atoms with E-state index in [1.807, 2.05) is 13.0 Å². The van der Waals surface area contributed by atoms with Gasteiger partial charge in [-0.2, -0.15) is 5.10 Å². The summed E-state index contributed by atoms with van der Waals surface area (Å²) in [7, 11) is 0. The maximum Gasteiger partial charge on any atom is 0.278 e. The van der Waals surface area contributed by atoms with Gasteiger partial charge in [0, 0.05) is 5.69 Å². The molecule has 0 aliphatic carbocycles. The van der Waals surface area contributed by atoms with Gasteiger partial charge in [0.1, 0.15) is 6.61 Å². The van der Waals surface area contributed by atoms with E-state index in [0.717, 1.165) is 5.69 Å². The predicted molar refractivity (Wildman–Crippen MR) is 71.9 cm³/mol. The van der Waals surface area contributed by atoms with Gasteiger partial charge in [0.15, 0.2) is 11.4 Å². The van der Waals surface area contributed by atoms with E-state index in [2.05, 4.69) is 10.2 Å². The molecule has 1 aliphatic heterocycles. The van der Waals surface area contributed by atoms with E-state index in [1.54, 1.807) is 23.1 Å². The Kier molecular flexibility index (Phi) is 2.91. The number of anilines is 1. The smallest absolute Gasteiger partial charge is 0.278 e. The molecule has 2 aromatic rings. The van der Waals surface area contributed by atoms with Crippen LogP contribution in [0.5, 0.6) is 5.75 Å². The molecule has 0 fully saturated rings. The monoisotopic (exact) mass is 277 g/mol. The van der Waals surface area contributed by atoms with Crippen LogP contribution in [-0.4, -0.2) is 29.3 Å². The number of benzene rings is 1. The Balaban J connectivity index is 2.00. The van der Waals surface area contributed by atoms with Crippen LogP contribution in [0, 0.1) is 6.92 Å². The van der Waals surface area contributed by atoms with Crippen LogP contribution < -0.4 is 9.64 Å². The summed E-state index contributed by atoms with van der Waals surface area (Å²) in [6.07, 6.45) is 0. The van der Waals surface area contributed by atoms with Crippen molar-refractivity contribution in [3.63, 3.8) is 0 Å². The summed E-state index contributed by atoms with van der Waals surface area (Å²) in [4.78, 5) is 14.1. The number of aryl methyl sites for hydroxylation is 1. The number of carbonyl (C=O) groups is 1. The second kappa shape index (κ2) is 4.59. The highest BCUT2D eigenvalue weighted by atomic mass is 35.5. The average Bonchev–Trinajstić information content (AvgIpc) is 2.85. The standard InChI is InChI=1S/C13H12ClN3O2/c1-8-7-10(16-15-8)13(18)17-5-6-19-12-9(14)3-2-4-11(12)17/h2-4,7H,5-6H2,1H3,(H,15,16). The van der Waals surface area contributed by atoms with Crippen molar-refractivity contribution in [2.75, 3.05) is 18.1 Å². The number of para-hydroxylation sites is 1. The summed E-state index contributed by atoms with van der Waals surface area (Å²) in [6, 6.07) is 7.08. The van der Waals surface area contributed by atoms with E-state index in [1.165, 1.54) is 0 Å². The zero-order valence-corrected chi connectivity index (χ0v) is 11.1. The molecule has 0 atom stereocenters.